The van der Waals surface area contributed by atoms with Gasteiger partial charge in [-0.05, 0) is 36.9 Å². The van der Waals surface area contributed by atoms with Crippen LogP contribution in [0.15, 0.2) is 40.8 Å². The van der Waals surface area contributed by atoms with Crippen molar-refractivity contribution in [2.24, 2.45) is 4.99 Å². The summed E-state index contributed by atoms with van der Waals surface area (Å²) in [5.41, 5.74) is 1.06. The molecule has 176 valence electrons. The monoisotopic (exact) mass is 572 g/mol. The molecule has 2 aromatic rings. The summed E-state index contributed by atoms with van der Waals surface area (Å²) >= 11 is 1.76. The Labute approximate surface area is 211 Å². The van der Waals surface area contributed by atoms with E-state index in [9.17, 15) is 4.79 Å². The zero-order chi connectivity index (χ0) is 21.9. The van der Waals surface area contributed by atoms with E-state index >= 15 is 0 Å². The average molecular weight is 573 g/mol. The summed E-state index contributed by atoms with van der Waals surface area (Å²) in [6, 6.07) is 8.22. The van der Waals surface area contributed by atoms with E-state index in [1.54, 1.807) is 17.5 Å². The number of nitrogens with zero attached hydrogens (tertiary/aromatic N) is 3. The minimum Gasteiger partial charge on any atom is -0.379 e. The SMILES string of the molecule is CCNC(=NCC(c1cccs1)N1CCOCC1)NCCC(=O)Nc1ccc(C)cn1.I. The first-order chi connectivity index (χ1) is 15.2. The number of amides is 1. The van der Waals surface area contributed by atoms with Crippen LogP contribution in [0.4, 0.5) is 5.82 Å². The third-order valence-electron chi connectivity index (χ3n) is 4.95. The minimum absolute atomic E-state index is 0. The Kier molecular flexibility index (Phi) is 11.9. The molecule has 0 saturated carbocycles. The molecule has 0 aliphatic carbocycles. The van der Waals surface area contributed by atoms with E-state index in [1.165, 1.54) is 4.88 Å². The number of aliphatic imine (C=N–C) groups is 1. The number of anilines is 1. The van der Waals surface area contributed by atoms with Gasteiger partial charge in [-0.3, -0.25) is 14.7 Å². The van der Waals surface area contributed by atoms with Gasteiger partial charge in [-0.15, -0.1) is 35.3 Å². The van der Waals surface area contributed by atoms with Crippen molar-refractivity contribution < 1.29 is 9.53 Å². The smallest absolute Gasteiger partial charge is 0.227 e. The second-order valence-corrected chi connectivity index (χ2v) is 8.32. The number of halogens is 1. The molecule has 1 amide bonds. The second-order valence-electron chi connectivity index (χ2n) is 7.34. The standard InChI is InChI=1S/C22H32N6O2S.HI/c1-3-23-22(24-9-8-21(29)27-20-7-6-17(2)15-25-20)26-16-18(19-5-4-14-31-19)28-10-12-30-13-11-28;/h4-7,14-15,18H,3,8-13,16H2,1-2H3,(H2,23,24,26)(H,25,27,29);1H. The molecular formula is C22H33IN6O2S. The number of carbonyl (C=O) groups is 1. The number of hydrogen-bond acceptors (Lipinski definition) is 6. The fourth-order valence-electron chi connectivity index (χ4n) is 3.32. The van der Waals surface area contributed by atoms with Gasteiger partial charge in [0.2, 0.25) is 5.91 Å². The lowest BCUT2D eigenvalue weighted by Crippen LogP contribution is -2.42. The van der Waals surface area contributed by atoms with Crippen LogP contribution in [0.1, 0.15) is 29.8 Å². The number of aromatic nitrogens is 1. The number of nitrogens with one attached hydrogen (secondary N) is 3. The number of thiophene rings is 1. The van der Waals surface area contributed by atoms with E-state index in [2.05, 4.69) is 43.3 Å². The summed E-state index contributed by atoms with van der Waals surface area (Å²) in [4.78, 5) is 25.0. The van der Waals surface area contributed by atoms with Crippen molar-refractivity contribution in [1.29, 1.82) is 0 Å². The molecule has 32 heavy (non-hydrogen) atoms. The van der Waals surface area contributed by atoms with Gasteiger partial charge in [0.1, 0.15) is 5.82 Å². The van der Waals surface area contributed by atoms with Gasteiger partial charge in [-0.1, -0.05) is 12.1 Å². The lowest BCUT2D eigenvalue weighted by Gasteiger charge is -2.33. The lowest BCUT2D eigenvalue weighted by atomic mass is 10.2. The third-order valence-corrected chi connectivity index (χ3v) is 5.92. The predicted molar refractivity (Wildman–Crippen MR) is 141 cm³/mol. The molecule has 2 aromatic heterocycles. The highest BCUT2D eigenvalue weighted by atomic mass is 127. The fourth-order valence-corrected chi connectivity index (χ4v) is 4.17. The molecule has 0 radical (unpaired) electrons. The number of hydrogen-bond donors (Lipinski definition) is 3. The summed E-state index contributed by atoms with van der Waals surface area (Å²) in [7, 11) is 0. The van der Waals surface area contributed by atoms with E-state index in [4.69, 9.17) is 9.73 Å². The lowest BCUT2D eigenvalue weighted by molar-refractivity contribution is -0.116. The maximum Gasteiger partial charge on any atom is 0.227 e. The summed E-state index contributed by atoms with van der Waals surface area (Å²) in [6.45, 7) is 9.23. The highest BCUT2D eigenvalue weighted by Crippen LogP contribution is 2.26. The molecule has 1 aliphatic heterocycles. The Balaban J connectivity index is 0.00000363. The molecule has 1 unspecified atom stereocenters. The van der Waals surface area contributed by atoms with Gasteiger partial charge in [0.25, 0.3) is 0 Å². The van der Waals surface area contributed by atoms with Gasteiger partial charge < -0.3 is 20.7 Å². The van der Waals surface area contributed by atoms with Gasteiger partial charge in [-0.25, -0.2) is 4.98 Å². The molecule has 3 rings (SSSR count). The van der Waals surface area contributed by atoms with E-state index in [0.29, 0.717) is 25.3 Å². The first kappa shape index (κ1) is 26.5. The quantitative estimate of drug-likeness (QED) is 0.243. The Bertz CT molecular complexity index is 825. The van der Waals surface area contributed by atoms with Crippen molar-refractivity contribution in [2.75, 3.05) is 51.3 Å². The molecule has 10 heteroatoms. The molecular weight excluding hydrogens is 539 g/mol. The average Bonchev–Trinajstić information content (AvgIpc) is 3.31. The Morgan fingerprint density at radius 1 is 1.28 bits per heavy atom. The summed E-state index contributed by atoms with van der Waals surface area (Å²) in [5.74, 6) is 1.21. The van der Waals surface area contributed by atoms with Gasteiger partial charge in [0.15, 0.2) is 5.96 Å². The number of rotatable bonds is 9. The number of guanidine groups is 1. The number of pyridine rings is 1. The highest BCUT2D eigenvalue weighted by Gasteiger charge is 2.23. The summed E-state index contributed by atoms with van der Waals surface area (Å²) < 4.78 is 5.51. The van der Waals surface area contributed by atoms with Gasteiger partial charge in [0, 0.05) is 43.7 Å². The number of aryl methyl sites for hydroxylation is 1. The molecule has 0 spiro atoms. The molecule has 3 heterocycles. The van der Waals surface area contributed by atoms with Crippen molar-refractivity contribution in [2.45, 2.75) is 26.3 Å². The minimum atomic E-state index is -0.0792. The van der Waals surface area contributed by atoms with Crippen molar-refractivity contribution in [3.05, 3.63) is 46.3 Å². The highest BCUT2D eigenvalue weighted by molar-refractivity contribution is 14.0. The largest absolute Gasteiger partial charge is 0.379 e. The van der Waals surface area contributed by atoms with E-state index in [1.807, 2.05) is 26.0 Å². The molecule has 1 fully saturated rings. The predicted octanol–water partition coefficient (Wildman–Crippen LogP) is 3.03. The number of carbonyl (C=O) groups excluding carboxylic acids is 1. The summed E-state index contributed by atoms with van der Waals surface area (Å²) in [6.07, 6.45) is 2.07. The van der Waals surface area contributed by atoms with Crippen molar-refractivity contribution in [3.63, 3.8) is 0 Å². The second kappa shape index (κ2) is 14.4. The van der Waals surface area contributed by atoms with Crippen molar-refractivity contribution >= 4 is 53.0 Å². The van der Waals surface area contributed by atoms with Crippen LogP contribution in [0.5, 0.6) is 0 Å². The van der Waals surface area contributed by atoms with E-state index in [-0.39, 0.29) is 35.9 Å². The first-order valence-corrected chi connectivity index (χ1v) is 11.6. The van der Waals surface area contributed by atoms with Gasteiger partial charge in [0.05, 0.1) is 25.8 Å². The van der Waals surface area contributed by atoms with Crippen LogP contribution in [-0.4, -0.2) is 67.7 Å². The molecule has 3 N–H and O–H groups in total. The molecule has 1 saturated heterocycles. The Morgan fingerprint density at radius 3 is 2.75 bits per heavy atom. The molecule has 1 atom stereocenters. The molecule has 1 aliphatic rings. The van der Waals surface area contributed by atoms with Crippen LogP contribution in [0, 0.1) is 6.92 Å². The van der Waals surface area contributed by atoms with Crippen LogP contribution in [-0.2, 0) is 9.53 Å². The topological polar surface area (TPSA) is 90.9 Å². The van der Waals surface area contributed by atoms with Gasteiger partial charge >= 0.3 is 0 Å². The van der Waals surface area contributed by atoms with E-state index in [0.717, 1.165) is 44.4 Å². The first-order valence-electron chi connectivity index (χ1n) is 10.8. The molecule has 8 nitrogen and oxygen atoms in total. The maximum absolute atomic E-state index is 12.2. The number of morpholine rings is 1. The number of ether oxygens (including phenoxy) is 1. The zero-order valence-corrected chi connectivity index (χ0v) is 21.8. The van der Waals surface area contributed by atoms with Crippen molar-refractivity contribution in [3.8, 4) is 0 Å². The Morgan fingerprint density at radius 2 is 2.09 bits per heavy atom. The van der Waals surface area contributed by atoms with E-state index < -0.39 is 0 Å². The van der Waals surface area contributed by atoms with Crippen LogP contribution in [0.25, 0.3) is 0 Å². The van der Waals surface area contributed by atoms with Crippen molar-refractivity contribution in [1.82, 2.24) is 20.5 Å². The van der Waals surface area contributed by atoms with Crippen LogP contribution < -0.4 is 16.0 Å². The molecule has 0 bridgehead atoms. The molecule has 0 aromatic carbocycles. The zero-order valence-electron chi connectivity index (χ0n) is 18.7. The van der Waals surface area contributed by atoms with Crippen LogP contribution >= 0.6 is 35.3 Å². The fraction of sp³-hybridized carbons (Fsp3) is 0.500. The Hall–Kier alpha value is -1.76. The third kappa shape index (κ3) is 8.64. The van der Waals surface area contributed by atoms with Gasteiger partial charge in [-0.2, -0.15) is 0 Å². The maximum atomic E-state index is 12.2. The normalized spacial score (nSPS) is 15.5. The van der Waals surface area contributed by atoms with Crippen LogP contribution in [0.2, 0.25) is 0 Å². The summed E-state index contributed by atoms with van der Waals surface area (Å²) in [5, 5.41) is 11.5. The van der Waals surface area contributed by atoms with Crippen LogP contribution in [0.3, 0.4) is 0 Å².